The molecule has 1 heterocycles. The number of anilines is 1. The van der Waals surface area contributed by atoms with Crippen molar-refractivity contribution in [3.63, 3.8) is 0 Å². The van der Waals surface area contributed by atoms with Crippen LogP contribution in [0.1, 0.15) is 4.88 Å². The minimum Gasteiger partial charge on any atom is -0.380 e. The fourth-order valence-electron chi connectivity index (χ4n) is 1.23. The molecule has 1 aromatic heterocycles. The fraction of sp³-hybridized carbons (Fsp3) is 0.0909. The summed E-state index contributed by atoms with van der Waals surface area (Å²) in [5, 5.41) is 5.47. The molecule has 0 fully saturated rings. The number of halogens is 2. The molecule has 0 atom stereocenters. The average Bonchev–Trinajstić information content (AvgIpc) is 2.62. The number of benzene rings is 1. The zero-order valence-corrected chi connectivity index (χ0v) is 11.8. The highest BCUT2D eigenvalue weighted by atomic mass is 79.9. The zero-order valence-electron chi connectivity index (χ0n) is 7.84. The van der Waals surface area contributed by atoms with Crippen LogP contribution in [0.15, 0.2) is 44.7 Å². The summed E-state index contributed by atoms with van der Waals surface area (Å²) in [7, 11) is 0. The first-order valence-electron chi connectivity index (χ1n) is 4.46. The summed E-state index contributed by atoms with van der Waals surface area (Å²) >= 11 is 8.64. The van der Waals surface area contributed by atoms with Gasteiger partial charge in [-0.05, 0) is 40.2 Å². The number of hydrogen-bond acceptors (Lipinski definition) is 2. The molecule has 0 spiro atoms. The lowest BCUT2D eigenvalue weighted by atomic mass is 10.3. The summed E-state index contributed by atoms with van der Waals surface area (Å²) in [6.45, 7) is 0.868. The van der Waals surface area contributed by atoms with Crippen LogP contribution in [0, 0.1) is 0 Å². The van der Waals surface area contributed by atoms with Crippen LogP contribution in [0.2, 0.25) is 0 Å². The Morgan fingerprint density at radius 2 is 2.00 bits per heavy atom. The Kier molecular flexibility index (Phi) is 3.83. The number of hydrogen-bond donors (Lipinski definition) is 1. The van der Waals surface area contributed by atoms with Gasteiger partial charge in [-0.25, -0.2) is 0 Å². The van der Waals surface area contributed by atoms with Crippen molar-refractivity contribution in [2.75, 3.05) is 5.32 Å². The van der Waals surface area contributed by atoms with Crippen LogP contribution in [0.3, 0.4) is 0 Å². The molecule has 15 heavy (non-hydrogen) atoms. The molecule has 0 amide bonds. The maximum Gasteiger partial charge on any atom is 0.0494 e. The summed E-state index contributed by atoms with van der Waals surface area (Å²) in [5.74, 6) is 0. The fourth-order valence-corrected chi connectivity index (χ4v) is 3.02. The Bertz CT molecular complexity index is 453. The van der Waals surface area contributed by atoms with Crippen LogP contribution in [-0.4, -0.2) is 0 Å². The Morgan fingerprint density at radius 1 is 1.13 bits per heavy atom. The molecular weight excluding hydrogens is 338 g/mol. The van der Waals surface area contributed by atoms with E-state index in [2.05, 4.69) is 60.8 Å². The summed E-state index contributed by atoms with van der Waals surface area (Å²) in [4.78, 5) is 1.32. The van der Waals surface area contributed by atoms with Crippen molar-refractivity contribution in [3.8, 4) is 0 Å². The molecule has 4 heteroatoms. The molecule has 0 saturated heterocycles. The van der Waals surface area contributed by atoms with E-state index >= 15 is 0 Å². The van der Waals surface area contributed by atoms with Crippen LogP contribution in [0.4, 0.5) is 5.69 Å². The molecule has 0 aliphatic heterocycles. The van der Waals surface area contributed by atoms with E-state index in [1.807, 2.05) is 12.1 Å². The molecule has 0 bridgehead atoms. The molecule has 1 aromatic carbocycles. The van der Waals surface area contributed by atoms with E-state index in [0.717, 1.165) is 21.2 Å². The second-order valence-corrected chi connectivity index (χ2v) is 5.92. The van der Waals surface area contributed by atoms with Crippen molar-refractivity contribution in [2.24, 2.45) is 0 Å². The Morgan fingerprint density at radius 3 is 2.67 bits per heavy atom. The highest BCUT2D eigenvalue weighted by molar-refractivity contribution is 9.10. The smallest absolute Gasteiger partial charge is 0.0494 e. The molecule has 0 saturated carbocycles. The van der Waals surface area contributed by atoms with Crippen LogP contribution < -0.4 is 5.32 Å². The van der Waals surface area contributed by atoms with Crippen LogP contribution in [0.5, 0.6) is 0 Å². The second kappa shape index (κ2) is 5.14. The Hall–Kier alpha value is -0.320. The lowest BCUT2D eigenvalue weighted by Crippen LogP contribution is -1.96. The van der Waals surface area contributed by atoms with Crippen molar-refractivity contribution in [2.45, 2.75) is 6.54 Å². The van der Waals surface area contributed by atoms with Gasteiger partial charge in [0, 0.05) is 31.4 Å². The average molecular weight is 347 g/mol. The number of nitrogens with one attached hydrogen (secondary N) is 1. The molecule has 78 valence electrons. The Balaban J connectivity index is 1.99. The van der Waals surface area contributed by atoms with Gasteiger partial charge in [0.25, 0.3) is 0 Å². The monoisotopic (exact) mass is 345 g/mol. The van der Waals surface area contributed by atoms with Crippen molar-refractivity contribution in [1.82, 2.24) is 0 Å². The van der Waals surface area contributed by atoms with Crippen LogP contribution >= 0.6 is 43.2 Å². The maximum atomic E-state index is 3.45. The van der Waals surface area contributed by atoms with Gasteiger partial charge in [-0.15, -0.1) is 11.3 Å². The highest BCUT2D eigenvalue weighted by Gasteiger charge is 1.97. The lowest BCUT2D eigenvalue weighted by molar-refractivity contribution is 1.19. The second-order valence-electron chi connectivity index (χ2n) is 3.10. The minimum atomic E-state index is 0.868. The normalized spacial score (nSPS) is 10.3. The largest absolute Gasteiger partial charge is 0.380 e. The molecule has 2 rings (SSSR count). The first-order chi connectivity index (χ1) is 7.24. The maximum absolute atomic E-state index is 3.45. The highest BCUT2D eigenvalue weighted by Crippen LogP contribution is 2.21. The SMILES string of the molecule is Brc1cccc(NCc2cc(Br)cs2)c1. The molecule has 2 aromatic rings. The quantitative estimate of drug-likeness (QED) is 0.834. The van der Waals surface area contributed by atoms with E-state index in [9.17, 15) is 0 Å². The predicted octanol–water partition coefficient (Wildman–Crippen LogP) is 4.89. The van der Waals surface area contributed by atoms with Crippen LogP contribution in [0.25, 0.3) is 0 Å². The molecule has 1 nitrogen and oxygen atoms in total. The van der Waals surface area contributed by atoms with E-state index < -0.39 is 0 Å². The van der Waals surface area contributed by atoms with E-state index in [1.165, 1.54) is 4.88 Å². The molecule has 0 radical (unpaired) electrons. The van der Waals surface area contributed by atoms with Crippen molar-refractivity contribution >= 4 is 48.9 Å². The van der Waals surface area contributed by atoms with Gasteiger partial charge in [-0.2, -0.15) is 0 Å². The summed E-state index contributed by atoms with van der Waals surface area (Å²) < 4.78 is 2.25. The van der Waals surface area contributed by atoms with E-state index in [-0.39, 0.29) is 0 Å². The van der Waals surface area contributed by atoms with Gasteiger partial charge < -0.3 is 5.32 Å². The van der Waals surface area contributed by atoms with E-state index in [4.69, 9.17) is 0 Å². The van der Waals surface area contributed by atoms with Crippen molar-refractivity contribution in [3.05, 3.63) is 49.5 Å². The van der Waals surface area contributed by atoms with Gasteiger partial charge in [0.1, 0.15) is 0 Å². The third kappa shape index (κ3) is 3.33. The Labute approximate surface area is 110 Å². The van der Waals surface area contributed by atoms with Gasteiger partial charge in [0.05, 0.1) is 0 Å². The van der Waals surface area contributed by atoms with Gasteiger partial charge in [-0.3, -0.25) is 0 Å². The third-order valence-corrected chi connectivity index (χ3v) is 4.10. The summed E-state index contributed by atoms with van der Waals surface area (Å²) in [6, 6.07) is 10.3. The number of thiophene rings is 1. The van der Waals surface area contributed by atoms with Gasteiger partial charge in [-0.1, -0.05) is 22.0 Å². The summed E-state index contributed by atoms with van der Waals surface area (Å²) in [6.07, 6.45) is 0. The van der Waals surface area contributed by atoms with E-state index in [1.54, 1.807) is 11.3 Å². The third-order valence-electron chi connectivity index (χ3n) is 1.91. The molecule has 1 N–H and O–H groups in total. The summed E-state index contributed by atoms with van der Waals surface area (Å²) in [5.41, 5.74) is 1.13. The van der Waals surface area contributed by atoms with Crippen molar-refractivity contribution in [1.29, 1.82) is 0 Å². The standard InChI is InChI=1S/C11H9Br2NS/c12-8-2-1-3-10(4-8)14-6-11-5-9(13)7-15-11/h1-5,7,14H,6H2. The van der Waals surface area contributed by atoms with Crippen LogP contribution in [-0.2, 0) is 6.54 Å². The van der Waals surface area contributed by atoms with Gasteiger partial charge >= 0.3 is 0 Å². The predicted molar refractivity (Wildman–Crippen MR) is 73.5 cm³/mol. The first-order valence-corrected chi connectivity index (χ1v) is 6.93. The van der Waals surface area contributed by atoms with Crippen molar-refractivity contribution < 1.29 is 0 Å². The lowest BCUT2D eigenvalue weighted by Gasteiger charge is -2.04. The van der Waals surface area contributed by atoms with Gasteiger partial charge in [0.15, 0.2) is 0 Å². The zero-order chi connectivity index (χ0) is 10.7. The van der Waals surface area contributed by atoms with Gasteiger partial charge in [0.2, 0.25) is 0 Å². The van der Waals surface area contributed by atoms with E-state index in [0.29, 0.717) is 0 Å². The molecule has 0 aliphatic carbocycles. The first kappa shape index (κ1) is 11.2. The molecule has 0 unspecified atom stereocenters. The molecule has 0 aliphatic rings. The number of rotatable bonds is 3. The topological polar surface area (TPSA) is 12.0 Å². The molecular formula is C11H9Br2NS. The minimum absolute atomic E-state index is 0.868.